The Morgan fingerprint density at radius 1 is 1.50 bits per heavy atom. The van der Waals surface area contributed by atoms with Gasteiger partial charge in [0.25, 0.3) is 0 Å². The van der Waals surface area contributed by atoms with Crippen molar-refractivity contribution in [2.75, 3.05) is 0 Å². The SMILES string of the molecule is CCC(N)(C(C)N)[SiH](C)O.[NaH].[NaH]. The zero-order valence-electron chi connectivity index (χ0n) is 6.96. The van der Waals surface area contributed by atoms with Crippen LogP contribution in [0.25, 0.3) is 0 Å². The molecule has 3 nitrogen and oxygen atoms in total. The van der Waals surface area contributed by atoms with Crippen LogP contribution in [0.2, 0.25) is 6.55 Å². The third-order valence-corrected chi connectivity index (χ3v) is 4.73. The van der Waals surface area contributed by atoms with E-state index in [9.17, 15) is 4.80 Å². The van der Waals surface area contributed by atoms with E-state index >= 15 is 0 Å². The predicted molar refractivity (Wildman–Crippen MR) is 60.4 cm³/mol. The molecule has 0 spiro atoms. The number of nitrogens with two attached hydrogens (primary N) is 2. The molecule has 0 aliphatic rings. The number of hydrogen-bond acceptors (Lipinski definition) is 3. The third-order valence-electron chi connectivity index (χ3n) is 2.24. The molecule has 0 bridgehead atoms. The fourth-order valence-corrected chi connectivity index (χ4v) is 2.35. The molecule has 0 aliphatic carbocycles. The Kier molecular flexibility index (Phi) is 13.8. The first kappa shape index (κ1) is 19.6. The Morgan fingerprint density at radius 2 is 1.83 bits per heavy atom. The van der Waals surface area contributed by atoms with Gasteiger partial charge >= 0.3 is 59.1 Å². The van der Waals surface area contributed by atoms with Gasteiger partial charge in [-0.1, -0.05) is 6.92 Å². The van der Waals surface area contributed by atoms with E-state index in [1.54, 1.807) is 0 Å². The van der Waals surface area contributed by atoms with Gasteiger partial charge in [0.15, 0.2) is 9.04 Å². The molecule has 12 heavy (non-hydrogen) atoms. The Morgan fingerprint density at radius 3 is 1.83 bits per heavy atom. The van der Waals surface area contributed by atoms with E-state index in [1.165, 1.54) is 0 Å². The van der Waals surface area contributed by atoms with Crippen LogP contribution >= 0.6 is 0 Å². The summed E-state index contributed by atoms with van der Waals surface area (Å²) in [7, 11) is -1.81. The second-order valence-corrected chi connectivity index (χ2v) is 5.36. The summed E-state index contributed by atoms with van der Waals surface area (Å²) in [6, 6.07) is -0.107. The molecule has 6 heteroatoms. The summed E-state index contributed by atoms with van der Waals surface area (Å²) < 4.78 is 0. The Bertz CT molecular complexity index is 106. The second-order valence-electron chi connectivity index (χ2n) is 2.93. The molecule has 0 aliphatic heterocycles. The molecule has 0 saturated carbocycles. The first-order chi connectivity index (χ1) is 4.45. The van der Waals surface area contributed by atoms with Crippen LogP contribution < -0.4 is 11.5 Å². The van der Waals surface area contributed by atoms with Crippen molar-refractivity contribution in [3.8, 4) is 0 Å². The summed E-state index contributed by atoms with van der Waals surface area (Å²) in [4.78, 5) is 9.38. The average Bonchev–Trinajstić information content (AvgIpc) is 1.85. The van der Waals surface area contributed by atoms with E-state index in [1.807, 2.05) is 20.4 Å². The van der Waals surface area contributed by atoms with Crippen LogP contribution in [0.5, 0.6) is 0 Å². The minimum absolute atomic E-state index is 0. The van der Waals surface area contributed by atoms with Gasteiger partial charge in [-0.15, -0.1) is 0 Å². The summed E-state index contributed by atoms with van der Waals surface area (Å²) in [6.07, 6.45) is 0.758. The number of rotatable bonds is 3. The van der Waals surface area contributed by atoms with Crippen molar-refractivity contribution in [3.05, 3.63) is 0 Å². The normalized spacial score (nSPS) is 19.5. The first-order valence-corrected chi connectivity index (χ1v) is 5.92. The molecule has 0 radical (unpaired) electrons. The van der Waals surface area contributed by atoms with E-state index in [4.69, 9.17) is 11.5 Å². The van der Waals surface area contributed by atoms with Gasteiger partial charge in [0.1, 0.15) is 0 Å². The van der Waals surface area contributed by atoms with Gasteiger partial charge in [0.2, 0.25) is 0 Å². The molecule has 0 rings (SSSR count). The molecule has 0 heterocycles. The number of hydrogen-bond donors (Lipinski definition) is 3. The summed E-state index contributed by atoms with van der Waals surface area (Å²) in [5.74, 6) is 0. The van der Waals surface area contributed by atoms with Gasteiger partial charge in [-0.05, 0) is 19.9 Å². The van der Waals surface area contributed by atoms with E-state index in [0.717, 1.165) is 6.42 Å². The zero-order valence-corrected chi connectivity index (χ0v) is 8.12. The van der Waals surface area contributed by atoms with Crippen LogP contribution in [0.15, 0.2) is 0 Å². The van der Waals surface area contributed by atoms with Crippen molar-refractivity contribution in [2.24, 2.45) is 11.5 Å². The molecule has 0 aromatic heterocycles. The summed E-state index contributed by atoms with van der Waals surface area (Å²) in [5.41, 5.74) is 11.5. The molecule has 0 fully saturated rings. The van der Waals surface area contributed by atoms with Crippen LogP contribution in [-0.2, 0) is 0 Å². The van der Waals surface area contributed by atoms with E-state index < -0.39 is 14.2 Å². The predicted octanol–water partition coefficient (Wildman–Crippen LogP) is -1.97. The quantitative estimate of drug-likeness (QED) is 0.473. The van der Waals surface area contributed by atoms with Crippen molar-refractivity contribution in [1.82, 2.24) is 0 Å². The van der Waals surface area contributed by atoms with Crippen molar-refractivity contribution in [3.63, 3.8) is 0 Å². The fraction of sp³-hybridized carbons (Fsp3) is 1.00. The van der Waals surface area contributed by atoms with Gasteiger partial charge in [0, 0.05) is 11.2 Å². The molecular weight excluding hydrogens is 190 g/mol. The summed E-state index contributed by atoms with van der Waals surface area (Å²) in [6.45, 7) is 5.62. The van der Waals surface area contributed by atoms with E-state index in [2.05, 4.69) is 0 Å². The van der Waals surface area contributed by atoms with Crippen molar-refractivity contribution >= 4 is 68.2 Å². The Labute approximate surface area is 121 Å². The van der Waals surface area contributed by atoms with Crippen LogP contribution in [0.1, 0.15) is 20.3 Å². The summed E-state index contributed by atoms with van der Waals surface area (Å²) >= 11 is 0. The average molecular weight is 210 g/mol. The van der Waals surface area contributed by atoms with Gasteiger partial charge < -0.3 is 16.3 Å². The molecule has 5 N–H and O–H groups in total. The minimum atomic E-state index is -1.81. The van der Waals surface area contributed by atoms with Crippen LogP contribution in [0, 0.1) is 0 Å². The van der Waals surface area contributed by atoms with Gasteiger partial charge in [-0.2, -0.15) is 0 Å². The fourth-order valence-electron chi connectivity index (χ4n) is 0.998. The van der Waals surface area contributed by atoms with Crippen LogP contribution in [0.4, 0.5) is 0 Å². The second kappa shape index (κ2) is 8.41. The maximum absolute atomic E-state index is 9.38. The summed E-state index contributed by atoms with van der Waals surface area (Å²) in [5, 5.41) is -0.486. The van der Waals surface area contributed by atoms with E-state index in [0.29, 0.717) is 0 Å². The van der Waals surface area contributed by atoms with Crippen LogP contribution in [-0.4, -0.2) is 84.2 Å². The third kappa shape index (κ3) is 5.10. The molecule has 66 valence electrons. The first-order valence-electron chi connectivity index (χ1n) is 3.67. The van der Waals surface area contributed by atoms with Gasteiger partial charge in [-0.3, -0.25) is 0 Å². The van der Waals surface area contributed by atoms with E-state index in [-0.39, 0.29) is 65.2 Å². The Balaban J connectivity index is -0.000000405. The zero-order chi connectivity index (χ0) is 8.36. The molecule has 3 atom stereocenters. The monoisotopic (exact) mass is 210 g/mol. The maximum atomic E-state index is 9.38. The Hall–Kier alpha value is 2.10. The molecular formula is C6H20N2Na2OSi. The van der Waals surface area contributed by atoms with Crippen molar-refractivity contribution in [2.45, 2.75) is 38.0 Å². The molecule has 0 amide bonds. The molecule has 0 aromatic carbocycles. The van der Waals surface area contributed by atoms with Crippen molar-refractivity contribution in [1.29, 1.82) is 0 Å². The molecule has 0 saturated heterocycles. The van der Waals surface area contributed by atoms with Crippen LogP contribution in [0.3, 0.4) is 0 Å². The molecule has 3 unspecified atom stereocenters. The standard InChI is InChI=1S/C6H18N2OSi.2Na.2H/c1-4-6(8,5(2)7)10(3)9;;;;/h5,9-10H,4,7-8H2,1-3H3;;;;. The van der Waals surface area contributed by atoms with Gasteiger partial charge in [-0.25, -0.2) is 0 Å². The topological polar surface area (TPSA) is 72.3 Å². The van der Waals surface area contributed by atoms with Gasteiger partial charge in [0.05, 0.1) is 0 Å². The molecule has 0 aromatic rings. The van der Waals surface area contributed by atoms with Crippen molar-refractivity contribution < 1.29 is 4.80 Å².